The Kier molecular flexibility index (Phi) is 6.05. The van der Waals surface area contributed by atoms with Gasteiger partial charge in [0.1, 0.15) is 5.75 Å². The summed E-state index contributed by atoms with van der Waals surface area (Å²) in [5, 5.41) is 16.5. The largest absolute Gasteiger partial charge is 0.506 e. The van der Waals surface area contributed by atoms with E-state index >= 15 is 0 Å². The van der Waals surface area contributed by atoms with Crippen molar-refractivity contribution in [3.8, 4) is 22.7 Å². The van der Waals surface area contributed by atoms with Crippen molar-refractivity contribution in [1.29, 1.82) is 0 Å². The lowest BCUT2D eigenvalue weighted by atomic mass is 9.97. The first-order valence-electron chi connectivity index (χ1n) is 13.0. The molecule has 0 aliphatic carbocycles. The summed E-state index contributed by atoms with van der Waals surface area (Å²) in [5.74, 6) is 0.398. The van der Waals surface area contributed by atoms with Gasteiger partial charge in [-0.15, -0.1) is 0 Å². The molecule has 0 amide bonds. The molecule has 10 heteroatoms. The normalized spacial score (nSPS) is 13.7. The molecule has 2 N–H and O–H groups in total. The number of aryl methyl sites for hydroxylation is 2. The van der Waals surface area contributed by atoms with Gasteiger partial charge in [-0.1, -0.05) is 32.0 Å². The van der Waals surface area contributed by atoms with E-state index in [1.807, 2.05) is 21.7 Å². The van der Waals surface area contributed by atoms with Crippen LogP contribution in [0.25, 0.3) is 27.8 Å². The third kappa shape index (κ3) is 4.20. The molecule has 200 valence electrons. The number of aromatic hydroxyl groups is 1. The molecule has 39 heavy (non-hydrogen) atoms. The molecule has 3 aromatic heterocycles. The Morgan fingerprint density at radius 1 is 1.00 bits per heavy atom. The summed E-state index contributed by atoms with van der Waals surface area (Å²) in [6.45, 7) is 5.16. The van der Waals surface area contributed by atoms with Crippen molar-refractivity contribution in [1.82, 2.24) is 24.7 Å². The minimum absolute atomic E-state index is 0.154. The molecule has 7 nitrogen and oxygen atoms in total. The van der Waals surface area contributed by atoms with Crippen molar-refractivity contribution in [2.24, 2.45) is 0 Å². The van der Waals surface area contributed by atoms with Crippen LogP contribution in [0.5, 0.6) is 5.75 Å². The highest BCUT2D eigenvalue weighted by Crippen LogP contribution is 2.40. The van der Waals surface area contributed by atoms with Crippen molar-refractivity contribution in [3.63, 3.8) is 0 Å². The monoisotopic (exact) mass is 532 g/mol. The fourth-order valence-electron chi connectivity index (χ4n) is 5.45. The molecule has 0 saturated carbocycles. The van der Waals surface area contributed by atoms with E-state index in [1.54, 1.807) is 12.3 Å². The highest BCUT2D eigenvalue weighted by molar-refractivity contribution is 5.98. The zero-order chi connectivity index (χ0) is 27.3. The predicted molar refractivity (Wildman–Crippen MR) is 143 cm³/mol. The number of hydrogen-bond donors (Lipinski definition) is 2. The van der Waals surface area contributed by atoms with Crippen molar-refractivity contribution in [3.05, 3.63) is 82.9 Å². The summed E-state index contributed by atoms with van der Waals surface area (Å²) in [7, 11) is 0. The van der Waals surface area contributed by atoms with Gasteiger partial charge in [0.25, 0.3) is 0 Å². The zero-order valence-corrected chi connectivity index (χ0v) is 21.5. The third-order valence-corrected chi connectivity index (χ3v) is 7.42. The number of H-pyrrole nitrogens is 1. The molecule has 6 rings (SSSR count). The second kappa shape index (κ2) is 9.44. The SMILES string of the molecule is CCc1cccc(CC)c1-n1nc2c(c1-c1ccc(O)c3[nH]ccc13)CN(c1ncc(C(F)(F)F)cn1)CC2. The number of aromatic nitrogens is 5. The standard InChI is InChI=1S/C29H27F3N6O/c1-3-17-6-5-7-18(4-2)26(17)38-27(21-8-9-24(39)25-20(21)10-12-33-25)22-16-37(13-11-23(22)36-38)28-34-14-19(15-35-28)29(30,31)32/h5-10,12,14-15,33,39H,3-4,11,13,16H2,1-2H3. The van der Waals surface area contributed by atoms with Crippen molar-refractivity contribution >= 4 is 16.9 Å². The lowest BCUT2D eigenvalue weighted by molar-refractivity contribution is -0.138. The van der Waals surface area contributed by atoms with Crippen LogP contribution in [0.2, 0.25) is 0 Å². The Balaban J connectivity index is 1.55. The summed E-state index contributed by atoms with van der Waals surface area (Å²) in [4.78, 5) is 13.1. The van der Waals surface area contributed by atoms with Gasteiger partial charge < -0.3 is 15.0 Å². The molecular weight excluding hydrogens is 505 g/mol. The van der Waals surface area contributed by atoms with Crippen molar-refractivity contribution in [2.75, 3.05) is 11.4 Å². The number of rotatable bonds is 5. The summed E-state index contributed by atoms with van der Waals surface area (Å²) in [6.07, 6.45) is 1.20. The number of benzene rings is 2. The fraction of sp³-hybridized carbons (Fsp3) is 0.276. The molecule has 0 atom stereocenters. The van der Waals surface area contributed by atoms with E-state index in [1.165, 1.54) is 11.1 Å². The number of aromatic amines is 1. The molecule has 0 fully saturated rings. The van der Waals surface area contributed by atoms with Gasteiger partial charge in [-0.3, -0.25) is 0 Å². The first-order valence-corrected chi connectivity index (χ1v) is 13.0. The summed E-state index contributed by atoms with van der Waals surface area (Å²) in [5.41, 5.74) is 6.82. The molecule has 1 aliphatic heterocycles. The van der Waals surface area contributed by atoms with Gasteiger partial charge in [0.2, 0.25) is 5.95 Å². The van der Waals surface area contributed by atoms with Crippen molar-refractivity contribution < 1.29 is 18.3 Å². The predicted octanol–water partition coefficient (Wildman–Crippen LogP) is 6.22. The molecule has 4 heterocycles. The quantitative estimate of drug-likeness (QED) is 0.281. The first kappa shape index (κ1) is 25.0. The van der Waals surface area contributed by atoms with E-state index in [9.17, 15) is 18.3 Å². The van der Waals surface area contributed by atoms with E-state index < -0.39 is 11.7 Å². The number of fused-ring (bicyclic) bond motifs is 2. The Morgan fingerprint density at radius 2 is 1.72 bits per heavy atom. The molecule has 5 aromatic rings. The van der Waals surface area contributed by atoms with Crippen LogP contribution in [-0.4, -0.2) is 36.4 Å². The van der Waals surface area contributed by atoms with Crippen LogP contribution in [0.4, 0.5) is 19.1 Å². The number of halogens is 3. The molecule has 0 saturated heterocycles. The average molecular weight is 533 g/mol. The first-order chi connectivity index (χ1) is 18.8. The molecule has 0 spiro atoms. The maximum Gasteiger partial charge on any atom is 0.419 e. The van der Waals surface area contributed by atoms with E-state index in [-0.39, 0.29) is 11.7 Å². The number of nitrogens with one attached hydrogen (secondary N) is 1. The summed E-state index contributed by atoms with van der Waals surface area (Å²) >= 11 is 0. The van der Waals surface area contributed by atoms with Crippen LogP contribution in [0, 0.1) is 0 Å². The molecular formula is C29H27F3N6O. The Labute approximate surface area is 223 Å². The van der Waals surface area contributed by atoms with E-state index in [0.717, 1.165) is 58.8 Å². The third-order valence-electron chi connectivity index (χ3n) is 7.42. The highest BCUT2D eigenvalue weighted by atomic mass is 19.4. The maximum atomic E-state index is 13.1. The van der Waals surface area contributed by atoms with E-state index in [2.05, 4.69) is 47.0 Å². The number of phenolic OH excluding ortho intramolecular Hbond substituents is 1. The van der Waals surface area contributed by atoms with Gasteiger partial charge in [-0.25, -0.2) is 14.6 Å². The average Bonchev–Trinajstić information content (AvgIpc) is 3.58. The second-order valence-electron chi connectivity index (χ2n) is 9.66. The van der Waals surface area contributed by atoms with Crippen LogP contribution in [0.3, 0.4) is 0 Å². The minimum atomic E-state index is -4.49. The Hall–Kier alpha value is -4.34. The zero-order valence-electron chi connectivity index (χ0n) is 21.5. The number of anilines is 1. The highest BCUT2D eigenvalue weighted by Gasteiger charge is 2.33. The number of hydrogen-bond acceptors (Lipinski definition) is 5. The molecule has 2 aromatic carbocycles. The number of phenols is 1. The van der Waals surface area contributed by atoms with Crippen LogP contribution in [0.1, 0.15) is 41.8 Å². The minimum Gasteiger partial charge on any atom is -0.506 e. The lowest BCUT2D eigenvalue weighted by Crippen LogP contribution is -2.31. The fourth-order valence-corrected chi connectivity index (χ4v) is 5.45. The van der Waals surface area contributed by atoms with Crippen LogP contribution in [0.15, 0.2) is 55.0 Å². The summed E-state index contributed by atoms with van der Waals surface area (Å²) in [6, 6.07) is 11.8. The number of para-hydroxylation sites is 1. The van der Waals surface area contributed by atoms with Crippen LogP contribution >= 0.6 is 0 Å². The van der Waals surface area contributed by atoms with E-state index in [0.29, 0.717) is 25.0 Å². The molecule has 0 bridgehead atoms. The Morgan fingerprint density at radius 3 is 2.38 bits per heavy atom. The van der Waals surface area contributed by atoms with Crippen LogP contribution in [-0.2, 0) is 32.0 Å². The molecule has 1 aliphatic rings. The molecule has 0 radical (unpaired) electrons. The smallest absolute Gasteiger partial charge is 0.419 e. The van der Waals surface area contributed by atoms with E-state index in [4.69, 9.17) is 5.10 Å². The van der Waals surface area contributed by atoms with Gasteiger partial charge >= 0.3 is 6.18 Å². The summed E-state index contributed by atoms with van der Waals surface area (Å²) < 4.78 is 41.3. The van der Waals surface area contributed by atoms with Gasteiger partial charge in [-0.2, -0.15) is 18.3 Å². The van der Waals surface area contributed by atoms with Gasteiger partial charge in [0.05, 0.1) is 28.2 Å². The van der Waals surface area contributed by atoms with Crippen LogP contribution < -0.4 is 4.90 Å². The van der Waals surface area contributed by atoms with Gasteiger partial charge in [-0.05, 0) is 42.2 Å². The number of nitrogens with zero attached hydrogens (tertiary/aromatic N) is 5. The topological polar surface area (TPSA) is 82.9 Å². The second-order valence-corrected chi connectivity index (χ2v) is 9.66. The molecule has 0 unspecified atom stereocenters. The van der Waals surface area contributed by atoms with Gasteiger partial charge in [0.15, 0.2) is 0 Å². The lowest BCUT2D eigenvalue weighted by Gasteiger charge is -2.27. The number of alkyl halides is 3. The Bertz CT molecular complexity index is 1650. The van der Waals surface area contributed by atoms with Crippen molar-refractivity contribution in [2.45, 2.75) is 45.8 Å². The van der Waals surface area contributed by atoms with Gasteiger partial charge in [0, 0.05) is 54.6 Å². The maximum absolute atomic E-state index is 13.1.